The van der Waals surface area contributed by atoms with Crippen LogP contribution >= 0.6 is 0 Å². The lowest BCUT2D eigenvalue weighted by atomic mass is 9.78. The van der Waals surface area contributed by atoms with E-state index in [1.54, 1.807) is 12.3 Å². The van der Waals surface area contributed by atoms with Crippen LogP contribution in [0.1, 0.15) is 48.2 Å². The van der Waals surface area contributed by atoms with Crippen molar-refractivity contribution in [1.29, 1.82) is 0 Å². The Morgan fingerprint density at radius 1 is 1.12 bits per heavy atom. The number of nitrogens with zero attached hydrogens (tertiary/aromatic N) is 3. The standard InChI is InChI=1S/C20H29N3O3/c1-16-17(5-14-26-16)18(24)23-10-4-6-20(15-23)7-11-22(19(20)25)13-12-21-8-2-3-9-21/h5,14H,2-4,6-13,15H2,1H3. The van der Waals surface area contributed by atoms with Crippen LogP contribution in [0.2, 0.25) is 0 Å². The second-order valence-electron chi connectivity index (χ2n) is 8.09. The predicted octanol–water partition coefficient (Wildman–Crippen LogP) is 2.14. The summed E-state index contributed by atoms with van der Waals surface area (Å²) in [5, 5.41) is 0. The Labute approximate surface area is 155 Å². The van der Waals surface area contributed by atoms with Crippen LogP contribution < -0.4 is 0 Å². The molecule has 1 atom stereocenters. The van der Waals surface area contributed by atoms with E-state index in [0.29, 0.717) is 17.9 Å². The largest absolute Gasteiger partial charge is 0.469 e. The highest BCUT2D eigenvalue weighted by Gasteiger charge is 2.49. The van der Waals surface area contributed by atoms with E-state index < -0.39 is 0 Å². The molecule has 26 heavy (non-hydrogen) atoms. The maximum atomic E-state index is 13.2. The molecule has 3 aliphatic rings. The first-order valence-corrected chi connectivity index (χ1v) is 9.94. The lowest BCUT2D eigenvalue weighted by Crippen LogP contribution is -2.50. The molecule has 6 nitrogen and oxygen atoms in total. The van der Waals surface area contributed by atoms with Gasteiger partial charge in [-0.15, -0.1) is 0 Å². The number of carbonyl (C=O) groups is 2. The molecule has 0 N–H and O–H groups in total. The average molecular weight is 359 g/mol. The number of hydrogen-bond donors (Lipinski definition) is 0. The van der Waals surface area contributed by atoms with Gasteiger partial charge in [0, 0.05) is 32.7 Å². The normalized spacial score (nSPS) is 27.0. The van der Waals surface area contributed by atoms with Gasteiger partial charge in [0.05, 0.1) is 17.2 Å². The number of hydrogen-bond acceptors (Lipinski definition) is 4. The average Bonchev–Trinajstić information content (AvgIpc) is 3.37. The van der Waals surface area contributed by atoms with E-state index in [4.69, 9.17) is 4.42 Å². The second-order valence-corrected chi connectivity index (χ2v) is 8.09. The number of amides is 2. The maximum absolute atomic E-state index is 13.2. The predicted molar refractivity (Wildman–Crippen MR) is 97.9 cm³/mol. The minimum atomic E-state index is -0.365. The highest BCUT2D eigenvalue weighted by atomic mass is 16.3. The summed E-state index contributed by atoms with van der Waals surface area (Å²) in [6.45, 7) is 8.07. The second kappa shape index (κ2) is 7.06. The van der Waals surface area contributed by atoms with Gasteiger partial charge in [-0.3, -0.25) is 9.59 Å². The van der Waals surface area contributed by atoms with E-state index in [1.165, 1.54) is 25.9 Å². The molecular formula is C20H29N3O3. The molecule has 6 heteroatoms. The van der Waals surface area contributed by atoms with Crippen molar-refractivity contribution < 1.29 is 14.0 Å². The van der Waals surface area contributed by atoms with E-state index in [0.717, 1.165) is 45.4 Å². The fourth-order valence-electron chi connectivity index (χ4n) is 4.84. The van der Waals surface area contributed by atoms with E-state index in [-0.39, 0.29) is 17.2 Å². The van der Waals surface area contributed by atoms with Gasteiger partial charge in [-0.25, -0.2) is 0 Å². The van der Waals surface area contributed by atoms with Gasteiger partial charge in [0.25, 0.3) is 5.91 Å². The fraction of sp³-hybridized carbons (Fsp3) is 0.700. The van der Waals surface area contributed by atoms with Crippen molar-refractivity contribution >= 4 is 11.8 Å². The highest BCUT2D eigenvalue weighted by molar-refractivity contribution is 5.96. The smallest absolute Gasteiger partial charge is 0.257 e. The summed E-state index contributed by atoms with van der Waals surface area (Å²) >= 11 is 0. The summed E-state index contributed by atoms with van der Waals surface area (Å²) in [5.41, 5.74) is 0.259. The summed E-state index contributed by atoms with van der Waals surface area (Å²) in [7, 11) is 0. The zero-order valence-electron chi connectivity index (χ0n) is 15.7. The Morgan fingerprint density at radius 2 is 1.92 bits per heavy atom. The Bertz CT molecular complexity index is 680. The molecule has 1 unspecified atom stereocenters. The summed E-state index contributed by atoms with van der Waals surface area (Å²) in [6.07, 6.45) is 6.79. The Balaban J connectivity index is 1.40. The fourth-order valence-corrected chi connectivity index (χ4v) is 4.84. The zero-order valence-corrected chi connectivity index (χ0v) is 15.7. The molecule has 0 saturated carbocycles. The molecule has 142 valence electrons. The minimum Gasteiger partial charge on any atom is -0.469 e. The van der Waals surface area contributed by atoms with Gasteiger partial charge in [-0.05, 0) is 58.2 Å². The SMILES string of the molecule is Cc1occc1C(=O)N1CCCC2(CCN(CCN3CCCC3)C2=O)C1. The number of furan rings is 1. The van der Waals surface area contributed by atoms with Crippen LogP contribution in [0.3, 0.4) is 0 Å². The van der Waals surface area contributed by atoms with Crippen LogP contribution in [-0.4, -0.2) is 72.3 Å². The minimum absolute atomic E-state index is 0.00126. The van der Waals surface area contributed by atoms with Gasteiger partial charge in [-0.1, -0.05) is 0 Å². The molecule has 2 amide bonds. The molecule has 4 heterocycles. The summed E-state index contributed by atoms with van der Waals surface area (Å²) in [6, 6.07) is 1.73. The number of likely N-dealkylation sites (tertiary alicyclic amines) is 3. The lowest BCUT2D eigenvalue weighted by Gasteiger charge is -2.39. The lowest BCUT2D eigenvalue weighted by molar-refractivity contribution is -0.138. The van der Waals surface area contributed by atoms with Gasteiger partial charge in [0.15, 0.2) is 0 Å². The van der Waals surface area contributed by atoms with E-state index >= 15 is 0 Å². The van der Waals surface area contributed by atoms with Crippen LogP contribution in [0.4, 0.5) is 0 Å². The third-order valence-corrected chi connectivity index (χ3v) is 6.44. The summed E-state index contributed by atoms with van der Waals surface area (Å²) in [5.74, 6) is 0.913. The molecule has 1 aromatic rings. The molecule has 0 aliphatic carbocycles. The monoisotopic (exact) mass is 359 g/mol. The number of piperidine rings is 1. The van der Waals surface area contributed by atoms with Crippen LogP contribution in [0.5, 0.6) is 0 Å². The quantitative estimate of drug-likeness (QED) is 0.826. The number of aryl methyl sites for hydroxylation is 1. The van der Waals surface area contributed by atoms with Crippen molar-refractivity contribution in [3.8, 4) is 0 Å². The summed E-state index contributed by atoms with van der Waals surface area (Å²) < 4.78 is 5.28. The van der Waals surface area contributed by atoms with Crippen molar-refractivity contribution in [2.24, 2.45) is 5.41 Å². The molecule has 4 rings (SSSR count). The summed E-state index contributed by atoms with van der Waals surface area (Å²) in [4.78, 5) is 32.4. The third kappa shape index (κ3) is 3.15. The Morgan fingerprint density at radius 3 is 2.65 bits per heavy atom. The van der Waals surface area contributed by atoms with E-state index in [1.807, 2.05) is 16.7 Å². The van der Waals surface area contributed by atoms with Crippen molar-refractivity contribution in [1.82, 2.24) is 14.7 Å². The molecule has 0 bridgehead atoms. The van der Waals surface area contributed by atoms with Gasteiger partial charge >= 0.3 is 0 Å². The number of rotatable bonds is 4. The van der Waals surface area contributed by atoms with Gasteiger partial charge < -0.3 is 19.1 Å². The van der Waals surface area contributed by atoms with E-state index in [2.05, 4.69) is 4.90 Å². The van der Waals surface area contributed by atoms with E-state index in [9.17, 15) is 9.59 Å². The molecule has 0 radical (unpaired) electrons. The first-order chi connectivity index (χ1) is 12.6. The van der Waals surface area contributed by atoms with Crippen molar-refractivity contribution in [2.75, 3.05) is 45.8 Å². The maximum Gasteiger partial charge on any atom is 0.257 e. The van der Waals surface area contributed by atoms with Gasteiger partial charge in [0.2, 0.25) is 5.91 Å². The van der Waals surface area contributed by atoms with Crippen molar-refractivity contribution in [3.63, 3.8) is 0 Å². The Hall–Kier alpha value is -1.82. The topological polar surface area (TPSA) is 57.0 Å². The van der Waals surface area contributed by atoms with Gasteiger partial charge in [0.1, 0.15) is 5.76 Å². The van der Waals surface area contributed by atoms with Crippen LogP contribution in [0, 0.1) is 12.3 Å². The molecule has 3 aliphatic heterocycles. The van der Waals surface area contributed by atoms with Crippen LogP contribution in [0.15, 0.2) is 16.7 Å². The molecule has 1 spiro atoms. The molecule has 0 aromatic carbocycles. The van der Waals surface area contributed by atoms with Crippen LogP contribution in [-0.2, 0) is 4.79 Å². The first kappa shape index (κ1) is 17.6. The molecular weight excluding hydrogens is 330 g/mol. The highest BCUT2D eigenvalue weighted by Crippen LogP contribution is 2.40. The number of carbonyl (C=O) groups excluding carboxylic acids is 2. The molecule has 3 saturated heterocycles. The van der Waals surface area contributed by atoms with Crippen molar-refractivity contribution in [3.05, 3.63) is 23.7 Å². The first-order valence-electron chi connectivity index (χ1n) is 9.94. The third-order valence-electron chi connectivity index (χ3n) is 6.44. The molecule has 1 aromatic heterocycles. The van der Waals surface area contributed by atoms with Gasteiger partial charge in [-0.2, -0.15) is 0 Å². The van der Waals surface area contributed by atoms with Crippen LogP contribution in [0.25, 0.3) is 0 Å². The zero-order chi connectivity index (χ0) is 18.1. The Kier molecular flexibility index (Phi) is 4.78. The molecule has 3 fully saturated rings. The van der Waals surface area contributed by atoms with Crippen molar-refractivity contribution in [2.45, 2.75) is 39.0 Å².